The van der Waals surface area contributed by atoms with Crippen LogP contribution >= 0.6 is 0 Å². The Balaban J connectivity index is 1.99. The van der Waals surface area contributed by atoms with E-state index in [0.29, 0.717) is 18.4 Å². The molecule has 1 aliphatic heterocycles. The Hall–Kier alpha value is -1.51. The van der Waals surface area contributed by atoms with Gasteiger partial charge in [-0.3, -0.25) is 4.79 Å². The van der Waals surface area contributed by atoms with Gasteiger partial charge in [0, 0.05) is 6.54 Å². The highest BCUT2D eigenvalue weighted by Crippen LogP contribution is 2.20. The highest BCUT2D eigenvalue weighted by molar-refractivity contribution is 7.89. The van der Waals surface area contributed by atoms with E-state index >= 15 is 0 Å². The molecule has 2 rings (SSSR count). The number of amides is 1. The van der Waals surface area contributed by atoms with E-state index in [2.05, 4.69) is 4.72 Å². The molecule has 6 nitrogen and oxygen atoms in total. The maximum atomic E-state index is 13.4. The van der Waals surface area contributed by atoms with Crippen LogP contribution in [-0.2, 0) is 19.6 Å². The molecule has 2 atom stereocenters. The molecule has 1 aromatic rings. The molecule has 21 heavy (non-hydrogen) atoms. The van der Waals surface area contributed by atoms with Crippen LogP contribution < -0.4 is 10.5 Å². The molecule has 0 saturated carbocycles. The summed E-state index contributed by atoms with van der Waals surface area (Å²) in [6.45, 7) is 1.57. The number of halogens is 1. The average molecular weight is 316 g/mol. The van der Waals surface area contributed by atoms with Gasteiger partial charge in [0.2, 0.25) is 15.9 Å². The molecule has 0 spiro atoms. The van der Waals surface area contributed by atoms with Crippen molar-refractivity contribution < 1.29 is 22.3 Å². The van der Waals surface area contributed by atoms with E-state index in [1.54, 1.807) is 6.92 Å². The quantitative estimate of drug-likeness (QED) is 0.823. The molecular weight excluding hydrogens is 299 g/mol. The SMILES string of the molecule is Cc1ccc(S(=O)(=O)NCC2CCC(C(N)=O)O2)cc1F. The normalized spacial score (nSPS) is 22.4. The number of nitrogens with one attached hydrogen (secondary N) is 1. The van der Waals surface area contributed by atoms with Gasteiger partial charge in [-0.1, -0.05) is 6.07 Å². The predicted octanol–water partition coefficient (Wildman–Crippen LogP) is 0.445. The number of hydrogen-bond donors (Lipinski definition) is 2. The Morgan fingerprint density at radius 3 is 2.76 bits per heavy atom. The van der Waals surface area contributed by atoms with Gasteiger partial charge in [0.25, 0.3) is 0 Å². The molecule has 1 fully saturated rings. The van der Waals surface area contributed by atoms with Gasteiger partial charge in [-0.25, -0.2) is 17.5 Å². The molecule has 1 amide bonds. The summed E-state index contributed by atoms with van der Waals surface area (Å²) in [7, 11) is -3.81. The summed E-state index contributed by atoms with van der Waals surface area (Å²) in [5, 5.41) is 0. The summed E-state index contributed by atoms with van der Waals surface area (Å²) in [5.74, 6) is -1.13. The van der Waals surface area contributed by atoms with Gasteiger partial charge >= 0.3 is 0 Å². The number of primary amides is 1. The first-order chi connectivity index (χ1) is 9.79. The fraction of sp³-hybridized carbons (Fsp3) is 0.462. The molecule has 1 heterocycles. The van der Waals surface area contributed by atoms with Crippen LogP contribution in [-0.4, -0.2) is 33.1 Å². The van der Waals surface area contributed by atoms with Gasteiger partial charge in [0.05, 0.1) is 11.0 Å². The molecule has 1 saturated heterocycles. The number of carbonyl (C=O) groups is 1. The van der Waals surface area contributed by atoms with Gasteiger partial charge in [-0.2, -0.15) is 0 Å². The lowest BCUT2D eigenvalue weighted by Crippen LogP contribution is -2.34. The lowest BCUT2D eigenvalue weighted by Gasteiger charge is -2.13. The van der Waals surface area contributed by atoms with Gasteiger partial charge in [-0.15, -0.1) is 0 Å². The largest absolute Gasteiger partial charge is 0.367 e. The Kier molecular flexibility index (Phi) is 4.60. The molecule has 0 aromatic heterocycles. The van der Waals surface area contributed by atoms with E-state index in [1.165, 1.54) is 12.1 Å². The van der Waals surface area contributed by atoms with E-state index in [-0.39, 0.29) is 11.4 Å². The minimum atomic E-state index is -3.81. The monoisotopic (exact) mass is 316 g/mol. The third-order valence-electron chi connectivity index (χ3n) is 3.38. The molecule has 3 N–H and O–H groups in total. The van der Waals surface area contributed by atoms with E-state index in [0.717, 1.165) is 6.07 Å². The zero-order valence-corrected chi connectivity index (χ0v) is 12.3. The number of carbonyl (C=O) groups excluding carboxylic acids is 1. The number of ether oxygens (including phenoxy) is 1. The zero-order valence-electron chi connectivity index (χ0n) is 11.5. The van der Waals surface area contributed by atoms with Crippen molar-refractivity contribution >= 4 is 15.9 Å². The maximum absolute atomic E-state index is 13.4. The molecule has 0 aliphatic carbocycles. The highest BCUT2D eigenvalue weighted by atomic mass is 32.2. The molecule has 1 aromatic carbocycles. The standard InChI is InChI=1S/C13H17FN2O4S/c1-8-2-4-10(6-11(8)14)21(18,19)16-7-9-3-5-12(20-9)13(15)17/h2,4,6,9,12,16H,3,5,7H2,1H3,(H2,15,17). The second-order valence-corrected chi connectivity index (χ2v) is 6.76. The highest BCUT2D eigenvalue weighted by Gasteiger charge is 2.30. The Bertz CT molecular complexity index is 648. The maximum Gasteiger partial charge on any atom is 0.246 e. The van der Waals surface area contributed by atoms with Crippen LogP contribution in [0.15, 0.2) is 23.1 Å². The van der Waals surface area contributed by atoms with E-state index in [4.69, 9.17) is 10.5 Å². The minimum Gasteiger partial charge on any atom is -0.367 e. The van der Waals surface area contributed by atoms with Gasteiger partial charge in [-0.05, 0) is 37.5 Å². The number of aryl methyl sites for hydroxylation is 1. The Morgan fingerprint density at radius 1 is 1.48 bits per heavy atom. The fourth-order valence-corrected chi connectivity index (χ4v) is 3.17. The summed E-state index contributed by atoms with van der Waals surface area (Å²) in [4.78, 5) is 10.8. The van der Waals surface area contributed by atoms with Crippen molar-refractivity contribution in [3.8, 4) is 0 Å². The van der Waals surface area contributed by atoms with Crippen molar-refractivity contribution in [3.63, 3.8) is 0 Å². The van der Waals surface area contributed by atoms with Crippen LogP contribution in [0.3, 0.4) is 0 Å². The third kappa shape index (κ3) is 3.78. The Morgan fingerprint density at radius 2 is 2.19 bits per heavy atom. The summed E-state index contributed by atoms with van der Waals surface area (Å²) >= 11 is 0. The smallest absolute Gasteiger partial charge is 0.246 e. The summed E-state index contributed by atoms with van der Waals surface area (Å²) < 4.78 is 45.2. The van der Waals surface area contributed by atoms with Crippen LogP contribution in [0.25, 0.3) is 0 Å². The average Bonchev–Trinajstić information content (AvgIpc) is 2.89. The van der Waals surface area contributed by atoms with Crippen LogP contribution in [0.5, 0.6) is 0 Å². The second-order valence-electron chi connectivity index (χ2n) is 4.99. The molecule has 8 heteroatoms. The van der Waals surface area contributed by atoms with Crippen molar-refractivity contribution in [2.24, 2.45) is 5.73 Å². The van der Waals surface area contributed by atoms with E-state index in [9.17, 15) is 17.6 Å². The fourth-order valence-electron chi connectivity index (χ4n) is 2.09. The van der Waals surface area contributed by atoms with Crippen LogP contribution in [0.1, 0.15) is 18.4 Å². The first kappa shape index (κ1) is 15.9. The molecule has 116 valence electrons. The lowest BCUT2D eigenvalue weighted by atomic mass is 10.2. The van der Waals surface area contributed by atoms with Crippen LogP contribution in [0.2, 0.25) is 0 Å². The van der Waals surface area contributed by atoms with Crippen molar-refractivity contribution in [3.05, 3.63) is 29.6 Å². The minimum absolute atomic E-state index is 0.0155. The molecule has 0 bridgehead atoms. The number of benzene rings is 1. The molecule has 1 aliphatic rings. The van der Waals surface area contributed by atoms with Crippen molar-refractivity contribution in [1.82, 2.24) is 4.72 Å². The summed E-state index contributed by atoms with van der Waals surface area (Å²) in [5.41, 5.74) is 5.49. The topological polar surface area (TPSA) is 98.5 Å². The predicted molar refractivity (Wildman–Crippen MR) is 73.4 cm³/mol. The number of hydrogen-bond acceptors (Lipinski definition) is 4. The van der Waals surface area contributed by atoms with Gasteiger partial charge in [0.15, 0.2) is 0 Å². The Labute approximate surface area is 122 Å². The molecular formula is C13H17FN2O4S. The van der Waals surface area contributed by atoms with Crippen LogP contribution in [0, 0.1) is 12.7 Å². The first-order valence-corrected chi connectivity index (χ1v) is 7.98. The third-order valence-corrected chi connectivity index (χ3v) is 4.80. The second kappa shape index (κ2) is 6.08. The van der Waals surface area contributed by atoms with Crippen LogP contribution in [0.4, 0.5) is 4.39 Å². The first-order valence-electron chi connectivity index (χ1n) is 6.50. The summed E-state index contributed by atoms with van der Waals surface area (Å²) in [6.07, 6.45) is -0.0666. The van der Waals surface area contributed by atoms with E-state index in [1.807, 2.05) is 0 Å². The van der Waals surface area contributed by atoms with Crippen molar-refractivity contribution in [2.45, 2.75) is 36.9 Å². The van der Waals surface area contributed by atoms with Gasteiger partial charge < -0.3 is 10.5 Å². The summed E-state index contributed by atoms with van der Waals surface area (Å²) in [6, 6.07) is 3.71. The molecule has 2 unspecified atom stereocenters. The molecule has 0 radical (unpaired) electrons. The number of sulfonamides is 1. The number of nitrogens with two attached hydrogens (primary N) is 1. The van der Waals surface area contributed by atoms with Crippen molar-refractivity contribution in [1.29, 1.82) is 0 Å². The van der Waals surface area contributed by atoms with Gasteiger partial charge in [0.1, 0.15) is 11.9 Å². The zero-order chi connectivity index (χ0) is 15.6. The lowest BCUT2D eigenvalue weighted by molar-refractivity contribution is -0.128. The van der Waals surface area contributed by atoms with E-state index < -0.39 is 34.0 Å². The van der Waals surface area contributed by atoms with Crippen molar-refractivity contribution in [2.75, 3.05) is 6.54 Å². The number of rotatable bonds is 5.